The van der Waals surface area contributed by atoms with Gasteiger partial charge in [0.2, 0.25) is 0 Å². The summed E-state index contributed by atoms with van der Waals surface area (Å²) in [6.07, 6.45) is 3.46. The van der Waals surface area contributed by atoms with Crippen LogP contribution in [0.5, 0.6) is 0 Å². The third-order valence-corrected chi connectivity index (χ3v) is 4.55. The summed E-state index contributed by atoms with van der Waals surface area (Å²) in [5.74, 6) is 0.524. The molecule has 3 aromatic rings. The van der Waals surface area contributed by atoms with E-state index in [2.05, 4.69) is 15.2 Å². The third kappa shape index (κ3) is 3.46. The van der Waals surface area contributed by atoms with E-state index in [1.165, 1.54) is 0 Å². The highest BCUT2D eigenvalue weighted by atomic mass is 32.2. The molecule has 1 N–H and O–H groups in total. The molecule has 1 aromatic carbocycles. The van der Waals surface area contributed by atoms with E-state index in [1.54, 1.807) is 42.4 Å². The second-order valence-electron chi connectivity index (χ2n) is 5.08. The third-order valence-electron chi connectivity index (χ3n) is 3.51. The van der Waals surface area contributed by atoms with E-state index < -0.39 is 5.97 Å². The number of aromatic carboxylic acids is 1. The second-order valence-corrected chi connectivity index (χ2v) is 6.02. The van der Waals surface area contributed by atoms with Crippen molar-refractivity contribution >= 4 is 17.7 Å². The van der Waals surface area contributed by atoms with Crippen molar-refractivity contribution in [2.24, 2.45) is 0 Å². The molecule has 0 radical (unpaired) electrons. The maximum Gasteiger partial charge on any atom is 0.335 e. The van der Waals surface area contributed by atoms with Gasteiger partial charge in [-0.25, -0.2) is 4.79 Å². The Morgan fingerprint density at radius 3 is 2.71 bits per heavy atom. The molecule has 0 aliphatic carbocycles. The minimum atomic E-state index is -0.918. The summed E-state index contributed by atoms with van der Waals surface area (Å²) in [5.41, 5.74) is 2.21. The van der Waals surface area contributed by atoms with Crippen LogP contribution in [0.3, 0.4) is 0 Å². The molecule has 3 rings (SSSR count). The quantitative estimate of drug-likeness (QED) is 0.693. The van der Waals surface area contributed by atoms with Crippen LogP contribution in [-0.2, 0) is 12.3 Å². The molecular weight excluding hydrogens is 324 g/mol. The summed E-state index contributed by atoms with van der Waals surface area (Å²) in [5, 5.41) is 18.4. The fourth-order valence-electron chi connectivity index (χ4n) is 2.34. The first-order valence-electron chi connectivity index (χ1n) is 7.47. The maximum absolute atomic E-state index is 11.0. The second kappa shape index (κ2) is 7.27. The van der Waals surface area contributed by atoms with Crippen molar-refractivity contribution in [1.82, 2.24) is 19.7 Å². The number of thioether (sulfide) groups is 1. The van der Waals surface area contributed by atoms with Crippen molar-refractivity contribution in [3.05, 3.63) is 59.9 Å². The molecule has 0 saturated carbocycles. The van der Waals surface area contributed by atoms with Crippen LogP contribution in [-0.4, -0.2) is 30.8 Å². The summed E-state index contributed by atoms with van der Waals surface area (Å²) in [4.78, 5) is 15.1. The van der Waals surface area contributed by atoms with Crippen LogP contribution in [0.15, 0.2) is 53.9 Å². The zero-order valence-corrected chi connectivity index (χ0v) is 13.9. The molecule has 6 nitrogen and oxygen atoms in total. The van der Waals surface area contributed by atoms with Crippen molar-refractivity contribution in [1.29, 1.82) is 0 Å². The molecular formula is C17H16N4O2S. The van der Waals surface area contributed by atoms with Crippen molar-refractivity contribution in [2.75, 3.05) is 0 Å². The standard InChI is InChI=1S/C17H16N4O2S/c1-2-21-15(13-6-8-18-9-7-13)19-20-17(21)24-11-12-4-3-5-14(10-12)16(22)23/h3-10H,2,11H2,1H3,(H,22,23). The van der Waals surface area contributed by atoms with Crippen molar-refractivity contribution in [3.8, 4) is 11.4 Å². The van der Waals surface area contributed by atoms with E-state index in [4.69, 9.17) is 5.11 Å². The Hall–Kier alpha value is -2.67. The van der Waals surface area contributed by atoms with Gasteiger partial charge in [-0.1, -0.05) is 23.9 Å². The first-order chi connectivity index (χ1) is 11.7. The first-order valence-corrected chi connectivity index (χ1v) is 8.46. The molecule has 2 aromatic heterocycles. The molecule has 0 unspecified atom stereocenters. The predicted octanol–water partition coefficient (Wildman–Crippen LogP) is 3.35. The molecule has 0 spiro atoms. The van der Waals surface area contributed by atoms with Crippen molar-refractivity contribution < 1.29 is 9.90 Å². The predicted molar refractivity (Wildman–Crippen MR) is 91.9 cm³/mol. The first kappa shape index (κ1) is 16.2. The molecule has 0 bridgehead atoms. The van der Waals surface area contributed by atoms with E-state index in [0.717, 1.165) is 28.7 Å². The Morgan fingerprint density at radius 1 is 1.21 bits per heavy atom. The highest BCUT2D eigenvalue weighted by Gasteiger charge is 2.13. The summed E-state index contributed by atoms with van der Waals surface area (Å²) in [6.45, 7) is 2.80. The van der Waals surface area contributed by atoms with E-state index >= 15 is 0 Å². The molecule has 2 heterocycles. The van der Waals surface area contributed by atoms with Crippen molar-refractivity contribution in [2.45, 2.75) is 24.4 Å². The molecule has 0 atom stereocenters. The van der Waals surface area contributed by atoms with Gasteiger partial charge in [0.05, 0.1) is 5.56 Å². The van der Waals surface area contributed by atoms with Crippen LogP contribution in [0.1, 0.15) is 22.8 Å². The lowest BCUT2D eigenvalue weighted by Gasteiger charge is -2.07. The Morgan fingerprint density at radius 2 is 2.00 bits per heavy atom. The normalized spacial score (nSPS) is 10.7. The number of hydrogen-bond acceptors (Lipinski definition) is 5. The largest absolute Gasteiger partial charge is 0.478 e. The highest BCUT2D eigenvalue weighted by Crippen LogP contribution is 2.26. The van der Waals surface area contributed by atoms with E-state index in [1.807, 2.05) is 29.7 Å². The molecule has 0 saturated heterocycles. The number of pyridine rings is 1. The van der Waals surface area contributed by atoms with Gasteiger partial charge in [-0.3, -0.25) is 4.98 Å². The fraction of sp³-hybridized carbons (Fsp3) is 0.176. The Kier molecular flexibility index (Phi) is 4.90. The molecule has 7 heteroatoms. The van der Waals surface area contributed by atoms with E-state index in [9.17, 15) is 4.79 Å². The minimum Gasteiger partial charge on any atom is -0.478 e. The maximum atomic E-state index is 11.0. The van der Waals surface area contributed by atoms with E-state index in [-0.39, 0.29) is 0 Å². The van der Waals surface area contributed by atoms with Gasteiger partial charge in [0.1, 0.15) is 0 Å². The van der Waals surface area contributed by atoms with Crippen LogP contribution < -0.4 is 0 Å². The van der Waals surface area contributed by atoms with E-state index in [0.29, 0.717) is 11.3 Å². The number of carboxylic acids is 1. The minimum absolute atomic E-state index is 0.294. The van der Waals surface area contributed by atoms with Crippen molar-refractivity contribution in [3.63, 3.8) is 0 Å². The van der Waals surface area contributed by atoms with Gasteiger partial charge in [-0.15, -0.1) is 10.2 Å². The molecule has 0 aliphatic heterocycles. The summed E-state index contributed by atoms with van der Waals surface area (Å²) >= 11 is 1.54. The van der Waals surface area contributed by atoms with Gasteiger partial charge < -0.3 is 9.67 Å². The van der Waals surface area contributed by atoms with Gasteiger partial charge >= 0.3 is 5.97 Å². The van der Waals surface area contributed by atoms with Crippen LogP contribution >= 0.6 is 11.8 Å². The van der Waals surface area contributed by atoms with Gasteiger partial charge in [0, 0.05) is 30.3 Å². The Labute approximate surface area is 143 Å². The Bertz CT molecular complexity index is 849. The zero-order chi connectivity index (χ0) is 16.9. The number of rotatable bonds is 6. The summed E-state index contributed by atoms with van der Waals surface area (Å²) in [6, 6.07) is 10.8. The summed E-state index contributed by atoms with van der Waals surface area (Å²) in [7, 11) is 0. The molecule has 24 heavy (non-hydrogen) atoms. The topological polar surface area (TPSA) is 80.9 Å². The Balaban J connectivity index is 1.80. The monoisotopic (exact) mass is 340 g/mol. The number of hydrogen-bond donors (Lipinski definition) is 1. The molecule has 0 aliphatic rings. The lowest BCUT2D eigenvalue weighted by Crippen LogP contribution is -2.00. The van der Waals surface area contributed by atoms with Crippen LogP contribution in [0.2, 0.25) is 0 Å². The summed E-state index contributed by atoms with van der Waals surface area (Å²) < 4.78 is 2.04. The van der Waals surface area contributed by atoms with Crippen LogP contribution in [0.25, 0.3) is 11.4 Å². The number of carboxylic acid groups (broad SMARTS) is 1. The number of benzene rings is 1. The van der Waals surface area contributed by atoms with Gasteiger partial charge in [-0.2, -0.15) is 0 Å². The van der Waals surface area contributed by atoms with Gasteiger partial charge in [0.15, 0.2) is 11.0 Å². The average Bonchev–Trinajstić information content (AvgIpc) is 3.04. The van der Waals surface area contributed by atoms with Crippen LogP contribution in [0.4, 0.5) is 0 Å². The molecule has 0 fully saturated rings. The number of nitrogens with zero attached hydrogens (tertiary/aromatic N) is 4. The molecule has 122 valence electrons. The lowest BCUT2D eigenvalue weighted by molar-refractivity contribution is 0.0697. The lowest BCUT2D eigenvalue weighted by atomic mass is 10.1. The fourth-order valence-corrected chi connectivity index (χ4v) is 3.28. The smallest absolute Gasteiger partial charge is 0.335 e. The average molecular weight is 340 g/mol. The SMILES string of the molecule is CCn1c(SCc2cccc(C(=O)O)c2)nnc1-c1ccncc1. The van der Waals surface area contributed by atoms with Gasteiger partial charge in [-0.05, 0) is 36.8 Å². The highest BCUT2D eigenvalue weighted by molar-refractivity contribution is 7.98. The number of aromatic nitrogens is 4. The van der Waals surface area contributed by atoms with Crippen LogP contribution in [0, 0.1) is 0 Å². The number of carbonyl (C=O) groups is 1. The van der Waals surface area contributed by atoms with Gasteiger partial charge in [0.25, 0.3) is 0 Å². The molecule has 0 amide bonds. The zero-order valence-electron chi connectivity index (χ0n) is 13.1.